The molecule has 1 heterocycles. The van der Waals surface area contributed by atoms with Gasteiger partial charge in [0.25, 0.3) is 0 Å². The molecule has 0 radical (unpaired) electrons. The van der Waals surface area contributed by atoms with Gasteiger partial charge in [0, 0.05) is 19.9 Å². The standard InChI is InChI=1S/C12H19F3N4O/c1-19(9-12(13,14)15)7-3-5-16-10-4-6-17-11(18-10)8-20-2/h4,6H,3,5,7-9H2,1-2H3,(H,16,17,18). The molecule has 1 aromatic rings. The van der Waals surface area contributed by atoms with Crippen molar-refractivity contribution < 1.29 is 17.9 Å². The Bertz CT molecular complexity index is 401. The van der Waals surface area contributed by atoms with Gasteiger partial charge in [-0.25, -0.2) is 9.97 Å². The Morgan fingerprint density at radius 2 is 2.15 bits per heavy atom. The molecule has 20 heavy (non-hydrogen) atoms. The van der Waals surface area contributed by atoms with Gasteiger partial charge in [-0.2, -0.15) is 13.2 Å². The van der Waals surface area contributed by atoms with Crippen molar-refractivity contribution in [3.8, 4) is 0 Å². The number of ether oxygens (including phenoxy) is 1. The maximum Gasteiger partial charge on any atom is 0.401 e. The van der Waals surface area contributed by atoms with Crippen molar-refractivity contribution in [1.82, 2.24) is 14.9 Å². The molecule has 114 valence electrons. The Morgan fingerprint density at radius 3 is 2.80 bits per heavy atom. The van der Waals surface area contributed by atoms with Crippen LogP contribution in [-0.4, -0.2) is 54.8 Å². The van der Waals surface area contributed by atoms with E-state index in [4.69, 9.17) is 4.74 Å². The van der Waals surface area contributed by atoms with Gasteiger partial charge in [-0.1, -0.05) is 0 Å². The number of halogens is 3. The molecule has 0 aliphatic heterocycles. The van der Waals surface area contributed by atoms with Gasteiger partial charge in [0.1, 0.15) is 12.4 Å². The first-order chi connectivity index (χ1) is 9.40. The molecule has 1 N–H and O–H groups in total. The largest absolute Gasteiger partial charge is 0.401 e. The van der Waals surface area contributed by atoms with Gasteiger partial charge >= 0.3 is 6.18 Å². The zero-order chi connectivity index (χ0) is 15.0. The average Bonchev–Trinajstić information content (AvgIpc) is 2.33. The number of anilines is 1. The summed E-state index contributed by atoms with van der Waals surface area (Å²) in [6.45, 7) is 0.344. The Balaban J connectivity index is 2.25. The molecule has 0 amide bonds. The van der Waals surface area contributed by atoms with E-state index in [1.165, 1.54) is 11.9 Å². The summed E-state index contributed by atoms with van der Waals surface area (Å²) in [5.74, 6) is 1.21. The minimum atomic E-state index is -4.15. The summed E-state index contributed by atoms with van der Waals surface area (Å²) in [7, 11) is 3.01. The van der Waals surface area contributed by atoms with Crippen molar-refractivity contribution in [2.45, 2.75) is 19.2 Å². The normalized spacial score (nSPS) is 11.9. The zero-order valence-electron chi connectivity index (χ0n) is 11.6. The van der Waals surface area contributed by atoms with Gasteiger partial charge in [-0.3, -0.25) is 4.90 Å². The lowest BCUT2D eigenvalue weighted by atomic mass is 10.3. The number of hydrogen-bond donors (Lipinski definition) is 1. The van der Waals surface area contributed by atoms with Crippen LogP contribution in [0.25, 0.3) is 0 Å². The van der Waals surface area contributed by atoms with Crippen LogP contribution in [0.5, 0.6) is 0 Å². The second-order valence-electron chi connectivity index (χ2n) is 4.42. The van der Waals surface area contributed by atoms with Crippen LogP contribution in [0, 0.1) is 0 Å². The number of aromatic nitrogens is 2. The van der Waals surface area contributed by atoms with E-state index in [1.807, 2.05) is 0 Å². The minimum Gasteiger partial charge on any atom is -0.377 e. The lowest BCUT2D eigenvalue weighted by molar-refractivity contribution is -0.142. The van der Waals surface area contributed by atoms with E-state index in [2.05, 4.69) is 15.3 Å². The van der Waals surface area contributed by atoms with Crippen molar-refractivity contribution in [1.29, 1.82) is 0 Å². The molecule has 0 fully saturated rings. The molecule has 0 aliphatic carbocycles. The molecule has 0 saturated carbocycles. The van der Waals surface area contributed by atoms with Crippen LogP contribution >= 0.6 is 0 Å². The summed E-state index contributed by atoms with van der Waals surface area (Å²) in [6, 6.07) is 1.71. The molecular weight excluding hydrogens is 273 g/mol. The Hall–Kier alpha value is -1.41. The summed E-state index contributed by atoms with van der Waals surface area (Å²) in [5.41, 5.74) is 0. The Morgan fingerprint density at radius 1 is 1.40 bits per heavy atom. The van der Waals surface area contributed by atoms with Crippen molar-refractivity contribution >= 4 is 5.82 Å². The molecule has 0 unspecified atom stereocenters. The number of hydrogen-bond acceptors (Lipinski definition) is 5. The molecule has 0 aliphatic rings. The minimum absolute atomic E-state index is 0.323. The van der Waals surface area contributed by atoms with Crippen molar-refractivity contribution in [3.05, 3.63) is 18.1 Å². The van der Waals surface area contributed by atoms with E-state index in [1.54, 1.807) is 19.4 Å². The van der Waals surface area contributed by atoms with E-state index >= 15 is 0 Å². The summed E-state index contributed by atoms with van der Waals surface area (Å²) in [4.78, 5) is 9.46. The highest BCUT2D eigenvalue weighted by Gasteiger charge is 2.28. The van der Waals surface area contributed by atoms with Gasteiger partial charge in [-0.05, 0) is 26.1 Å². The van der Waals surface area contributed by atoms with E-state index in [0.29, 0.717) is 37.8 Å². The average molecular weight is 292 g/mol. The smallest absolute Gasteiger partial charge is 0.377 e. The van der Waals surface area contributed by atoms with Crippen LogP contribution in [0.2, 0.25) is 0 Å². The second kappa shape index (κ2) is 8.01. The number of nitrogens with zero attached hydrogens (tertiary/aromatic N) is 3. The Kier molecular flexibility index (Phi) is 6.66. The van der Waals surface area contributed by atoms with E-state index in [9.17, 15) is 13.2 Å². The van der Waals surface area contributed by atoms with Gasteiger partial charge in [0.15, 0.2) is 5.82 Å². The van der Waals surface area contributed by atoms with E-state index in [-0.39, 0.29) is 0 Å². The molecule has 0 atom stereocenters. The van der Waals surface area contributed by atoms with Crippen LogP contribution in [0.1, 0.15) is 12.2 Å². The molecule has 0 bridgehead atoms. The van der Waals surface area contributed by atoms with Crippen LogP contribution in [0.3, 0.4) is 0 Å². The highest BCUT2D eigenvalue weighted by Crippen LogP contribution is 2.15. The SMILES string of the molecule is COCc1nccc(NCCCN(C)CC(F)(F)F)n1. The third-order valence-corrected chi connectivity index (χ3v) is 2.45. The molecule has 1 rings (SSSR count). The molecular formula is C12H19F3N4O. The highest BCUT2D eigenvalue weighted by molar-refractivity contribution is 5.32. The maximum absolute atomic E-state index is 12.1. The first-order valence-corrected chi connectivity index (χ1v) is 6.21. The fourth-order valence-electron chi connectivity index (χ4n) is 1.65. The van der Waals surface area contributed by atoms with E-state index in [0.717, 1.165) is 0 Å². The Labute approximate surface area is 116 Å². The third-order valence-electron chi connectivity index (χ3n) is 2.45. The van der Waals surface area contributed by atoms with Gasteiger partial charge in [-0.15, -0.1) is 0 Å². The predicted octanol–water partition coefficient (Wildman–Crippen LogP) is 1.92. The summed E-state index contributed by atoms with van der Waals surface area (Å²) < 4.78 is 41.3. The lowest BCUT2D eigenvalue weighted by Crippen LogP contribution is -2.32. The van der Waals surface area contributed by atoms with Crippen LogP contribution in [-0.2, 0) is 11.3 Å². The van der Waals surface area contributed by atoms with E-state index < -0.39 is 12.7 Å². The molecule has 0 aromatic carbocycles. The molecule has 0 spiro atoms. The predicted molar refractivity (Wildman–Crippen MR) is 69.4 cm³/mol. The van der Waals surface area contributed by atoms with Crippen molar-refractivity contribution in [2.75, 3.05) is 39.1 Å². The fourth-order valence-corrected chi connectivity index (χ4v) is 1.65. The first kappa shape index (κ1) is 16.6. The van der Waals surface area contributed by atoms with Crippen LogP contribution in [0.4, 0.5) is 19.0 Å². The van der Waals surface area contributed by atoms with Gasteiger partial charge in [0.2, 0.25) is 0 Å². The van der Waals surface area contributed by atoms with Gasteiger partial charge < -0.3 is 10.1 Å². The molecule has 8 heteroatoms. The summed E-state index contributed by atoms with van der Waals surface area (Å²) >= 11 is 0. The second-order valence-corrected chi connectivity index (χ2v) is 4.42. The van der Waals surface area contributed by atoms with Gasteiger partial charge in [0.05, 0.1) is 6.54 Å². The van der Waals surface area contributed by atoms with Crippen LogP contribution < -0.4 is 5.32 Å². The fraction of sp³-hybridized carbons (Fsp3) is 0.667. The number of rotatable bonds is 8. The molecule has 1 aromatic heterocycles. The number of nitrogens with one attached hydrogen (secondary N) is 1. The quantitative estimate of drug-likeness (QED) is 0.742. The summed E-state index contributed by atoms with van der Waals surface area (Å²) in [6.07, 6.45) is -1.94. The third kappa shape index (κ3) is 7.25. The zero-order valence-corrected chi connectivity index (χ0v) is 11.6. The molecule has 0 saturated heterocycles. The first-order valence-electron chi connectivity index (χ1n) is 6.21. The number of alkyl halides is 3. The maximum atomic E-state index is 12.1. The lowest BCUT2D eigenvalue weighted by Gasteiger charge is -2.18. The molecule has 5 nitrogen and oxygen atoms in total. The topological polar surface area (TPSA) is 50.3 Å². The van der Waals surface area contributed by atoms with Crippen LogP contribution in [0.15, 0.2) is 12.3 Å². The monoisotopic (exact) mass is 292 g/mol. The van der Waals surface area contributed by atoms with Crippen molar-refractivity contribution in [3.63, 3.8) is 0 Å². The van der Waals surface area contributed by atoms with Crippen molar-refractivity contribution in [2.24, 2.45) is 0 Å². The highest BCUT2D eigenvalue weighted by atomic mass is 19.4. The summed E-state index contributed by atoms with van der Waals surface area (Å²) in [5, 5.41) is 3.05. The number of methoxy groups -OCH3 is 1.